The Morgan fingerprint density at radius 1 is 1.32 bits per heavy atom. The fourth-order valence-electron chi connectivity index (χ4n) is 2.50. The molecule has 1 aromatic carbocycles. The second-order valence-electron chi connectivity index (χ2n) is 6.09. The van der Waals surface area contributed by atoms with Crippen LogP contribution in [0.15, 0.2) is 18.2 Å². The Morgan fingerprint density at radius 3 is 2.68 bits per heavy atom. The number of ether oxygens (including phenoxy) is 3. The maximum atomic E-state index is 12.3. The third-order valence-corrected chi connectivity index (χ3v) is 3.49. The molecule has 0 radical (unpaired) electrons. The first-order valence-electron chi connectivity index (χ1n) is 8.07. The van der Waals surface area contributed by atoms with E-state index in [9.17, 15) is 9.59 Å². The Kier molecular flexibility index (Phi) is 6.27. The Labute approximate surface area is 146 Å². The van der Waals surface area contributed by atoms with Crippen LogP contribution < -0.4 is 14.2 Å². The monoisotopic (exact) mass is 349 g/mol. The Balaban J connectivity index is 2.19. The molecule has 0 unspecified atom stereocenters. The number of fused-ring (bicyclic) bond motifs is 1. The first-order chi connectivity index (χ1) is 11.9. The highest BCUT2D eigenvalue weighted by Crippen LogP contribution is 2.40. The molecule has 1 heterocycles. The van der Waals surface area contributed by atoms with E-state index < -0.39 is 5.97 Å². The number of methoxy groups -OCH3 is 1. The summed E-state index contributed by atoms with van der Waals surface area (Å²) in [4.78, 5) is 24.6. The molecule has 7 nitrogen and oxygen atoms in total. The zero-order chi connectivity index (χ0) is 18.4. The number of benzene rings is 1. The zero-order valence-corrected chi connectivity index (χ0v) is 14.7. The molecule has 1 amide bonds. The summed E-state index contributed by atoms with van der Waals surface area (Å²) in [6.45, 7) is 4.81. The molecule has 1 N–H and O–H groups in total. The minimum Gasteiger partial charge on any atom is -0.493 e. The normalized spacial score (nSPS) is 13.1. The van der Waals surface area contributed by atoms with Crippen LogP contribution >= 0.6 is 0 Å². The summed E-state index contributed by atoms with van der Waals surface area (Å²) in [7, 11) is 1.53. The minimum atomic E-state index is -1.04. The molecule has 2 rings (SSSR count). The van der Waals surface area contributed by atoms with Crippen molar-refractivity contribution in [2.45, 2.75) is 13.8 Å². The molecule has 0 aromatic heterocycles. The van der Waals surface area contributed by atoms with Gasteiger partial charge in [-0.1, -0.05) is 13.8 Å². The van der Waals surface area contributed by atoms with Gasteiger partial charge >= 0.3 is 5.97 Å². The van der Waals surface area contributed by atoms with Crippen molar-refractivity contribution in [1.82, 2.24) is 4.90 Å². The molecule has 1 aliphatic rings. The fraction of sp³-hybridized carbons (Fsp3) is 0.444. The van der Waals surface area contributed by atoms with Crippen molar-refractivity contribution >= 4 is 18.0 Å². The van der Waals surface area contributed by atoms with Gasteiger partial charge in [-0.25, -0.2) is 0 Å². The van der Waals surface area contributed by atoms with Crippen LogP contribution in [-0.2, 0) is 9.59 Å². The van der Waals surface area contributed by atoms with E-state index >= 15 is 0 Å². The summed E-state index contributed by atoms with van der Waals surface area (Å²) < 4.78 is 16.4. The number of aliphatic carboxylic acids is 1. The van der Waals surface area contributed by atoms with Crippen molar-refractivity contribution in [2.75, 3.05) is 33.4 Å². The number of rotatable bonds is 7. The maximum absolute atomic E-state index is 12.3. The van der Waals surface area contributed by atoms with E-state index in [1.807, 2.05) is 13.8 Å². The van der Waals surface area contributed by atoms with E-state index in [2.05, 4.69) is 0 Å². The van der Waals surface area contributed by atoms with Crippen LogP contribution in [0.1, 0.15) is 19.4 Å². The number of carbonyl (C=O) groups is 2. The molecule has 0 spiro atoms. The largest absolute Gasteiger partial charge is 0.493 e. The van der Waals surface area contributed by atoms with E-state index in [0.29, 0.717) is 42.6 Å². The number of hydrogen-bond donors (Lipinski definition) is 1. The third-order valence-electron chi connectivity index (χ3n) is 3.49. The van der Waals surface area contributed by atoms with Gasteiger partial charge in [-0.05, 0) is 29.7 Å². The SMILES string of the molecule is COc1cc(C=CC(=O)N(CC(=O)O)CC(C)C)cc2c1OCCO2. The molecule has 0 atom stereocenters. The lowest BCUT2D eigenvalue weighted by Gasteiger charge is -2.21. The lowest BCUT2D eigenvalue weighted by Crippen LogP contribution is -2.37. The molecule has 0 fully saturated rings. The molecule has 25 heavy (non-hydrogen) atoms. The van der Waals surface area contributed by atoms with Crippen LogP contribution in [-0.4, -0.2) is 55.3 Å². The molecule has 7 heteroatoms. The Morgan fingerprint density at radius 2 is 2.04 bits per heavy atom. The quantitative estimate of drug-likeness (QED) is 0.759. The van der Waals surface area contributed by atoms with Gasteiger partial charge in [0.25, 0.3) is 0 Å². The van der Waals surface area contributed by atoms with Gasteiger partial charge in [0, 0.05) is 12.6 Å². The summed E-state index contributed by atoms with van der Waals surface area (Å²) in [5, 5.41) is 8.97. The van der Waals surface area contributed by atoms with Crippen LogP contribution in [0, 0.1) is 5.92 Å². The van der Waals surface area contributed by atoms with Crippen LogP contribution in [0.2, 0.25) is 0 Å². The van der Waals surface area contributed by atoms with Gasteiger partial charge in [0.2, 0.25) is 11.7 Å². The van der Waals surface area contributed by atoms with Crippen molar-refractivity contribution in [2.24, 2.45) is 5.92 Å². The Hall–Kier alpha value is -2.70. The van der Waals surface area contributed by atoms with E-state index in [1.54, 1.807) is 18.2 Å². The summed E-state index contributed by atoms with van der Waals surface area (Å²) in [6.07, 6.45) is 2.97. The summed E-state index contributed by atoms with van der Waals surface area (Å²) in [6, 6.07) is 3.49. The van der Waals surface area contributed by atoms with Gasteiger partial charge in [-0.3, -0.25) is 9.59 Å². The maximum Gasteiger partial charge on any atom is 0.323 e. The number of carboxylic acid groups (broad SMARTS) is 1. The molecule has 0 saturated heterocycles. The highest BCUT2D eigenvalue weighted by atomic mass is 16.6. The predicted molar refractivity (Wildman–Crippen MR) is 92.1 cm³/mol. The number of carboxylic acids is 1. The second kappa shape index (κ2) is 8.41. The zero-order valence-electron chi connectivity index (χ0n) is 14.7. The standard InChI is InChI=1S/C18H23NO6/c1-12(2)10-19(11-17(21)22)16(20)5-4-13-8-14(23-3)18-15(9-13)24-6-7-25-18/h4-5,8-9,12H,6-7,10-11H2,1-3H3,(H,21,22). The molecule has 0 saturated carbocycles. The lowest BCUT2D eigenvalue weighted by atomic mass is 10.1. The molecule has 136 valence electrons. The van der Waals surface area contributed by atoms with Crippen LogP contribution in [0.5, 0.6) is 17.2 Å². The fourth-order valence-corrected chi connectivity index (χ4v) is 2.50. The van der Waals surface area contributed by atoms with Crippen LogP contribution in [0.25, 0.3) is 6.08 Å². The first-order valence-corrected chi connectivity index (χ1v) is 8.07. The average molecular weight is 349 g/mol. The molecule has 1 aliphatic heterocycles. The number of carbonyl (C=O) groups excluding carboxylic acids is 1. The highest BCUT2D eigenvalue weighted by Gasteiger charge is 2.19. The van der Waals surface area contributed by atoms with Crippen molar-refractivity contribution in [3.63, 3.8) is 0 Å². The van der Waals surface area contributed by atoms with E-state index in [-0.39, 0.29) is 18.4 Å². The number of amides is 1. The molecular weight excluding hydrogens is 326 g/mol. The van der Waals surface area contributed by atoms with Crippen LogP contribution in [0.4, 0.5) is 0 Å². The smallest absolute Gasteiger partial charge is 0.323 e. The lowest BCUT2D eigenvalue weighted by molar-refractivity contribution is -0.143. The van der Waals surface area contributed by atoms with Crippen molar-refractivity contribution in [3.05, 3.63) is 23.8 Å². The van der Waals surface area contributed by atoms with Gasteiger partial charge in [0.1, 0.15) is 19.8 Å². The van der Waals surface area contributed by atoms with Crippen molar-refractivity contribution in [3.8, 4) is 17.2 Å². The van der Waals surface area contributed by atoms with Gasteiger partial charge in [0.05, 0.1) is 7.11 Å². The average Bonchev–Trinajstić information content (AvgIpc) is 2.57. The third kappa shape index (κ3) is 5.14. The highest BCUT2D eigenvalue weighted by molar-refractivity contribution is 5.93. The van der Waals surface area contributed by atoms with E-state index in [4.69, 9.17) is 19.3 Å². The molecule has 0 bridgehead atoms. The molecule has 0 aliphatic carbocycles. The summed E-state index contributed by atoms with van der Waals surface area (Å²) in [5.41, 5.74) is 0.703. The molecular formula is C18H23NO6. The van der Waals surface area contributed by atoms with E-state index in [1.165, 1.54) is 18.1 Å². The first kappa shape index (κ1) is 18.6. The topological polar surface area (TPSA) is 85.3 Å². The predicted octanol–water partition coefficient (Wildman–Crippen LogP) is 2.05. The van der Waals surface area contributed by atoms with Gasteiger partial charge in [-0.15, -0.1) is 0 Å². The van der Waals surface area contributed by atoms with E-state index in [0.717, 1.165) is 0 Å². The van der Waals surface area contributed by atoms with Gasteiger partial charge in [-0.2, -0.15) is 0 Å². The van der Waals surface area contributed by atoms with Crippen molar-refractivity contribution < 1.29 is 28.9 Å². The Bertz CT molecular complexity index is 651. The van der Waals surface area contributed by atoms with Crippen molar-refractivity contribution in [1.29, 1.82) is 0 Å². The van der Waals surface area contributed by atoms with Gasteiger partial charge in [0.15, 0.2) is 11.5 Å². The minimum absolute atomic E-state index is 0.172. The molecule has 1 aromatic rings. The van der Waals surface area contributed by atoms with Gasteiger partial charge < -0.3 is 24.2 Å². The second-order valence-corrected chi connectivity index (χ2v) is 6.09. The van der Waals surface area contributed by atoms with Crippen LogP contribution in [0.3, 0.4) is 0 Å². The summed E-state index contributed by atoms with van der Waals surface area (Å²) in [5.74, 6) is 0.403. The number of nitrogens with zero attached hydrogens (tertiary/aromatic N) is 1. The summed E-state index contributed by atoms with van der Waals surface area (Å²) >= 11 is 0. The number of hydrogen-bond acceptors (Lipinski definition) is 5.